The molecule has 0 saturated carbocycles. The lowest BCUT2D eigenvalue weighted by molar-refractivity contribution is -0.152. The van der Waals surface area contributed by atoms with E-state index in [4.69, 9.17) is 14.6 Å². The molecule has 0 amide bonds. The molecule has 2 fully saturated rings. The van der Waals surface area contributed by atoms with Gasteiger partial charge in [-0.25, -0.2) is 0 Å². The standard InChI is InChI=1S/C6H10O3/c7-5-2-1-4-3-8-6(5)9-4/h4-7H,1-3H2/t4-,5-,6+/m0/s1. The maximum Gasteiger partial charge on any atom is 0.183 e. The van der Waals surface area contributed by atoms with Gasteiger partial charge in [0.25, 0.3) is 0 Å². The molecule has 2 rings (SSSR count). The summed E-state index contributed by atoms with van der Waals surface area (Å²) in [5, 5.41) is 9.15. The van der Waals surface area contributed by atoms with E-state index in [0.29, 0.717) is 6.61 Å². The fourth-order valence-corrected chi connectivity index (χ4v) is 1.32. The minimum atomic E-state index is -0.385. The summed E-state index contributed by atoms with van der Waals surface area (Å²) in [5.74, 6) is 0. The SMILES string of the molecule is O[C@H]1CC[C@H]2CO[C@@H]1O2. The second-order valence-corrected chi connectivity index (χ2v) is 2.60. The number of aliphatic hydroxyl groups excluding tert-OH is 1. The Kier molecular flexibility index (Phi) is 1.22. The Bertz CT molecular complexity index is 115. The quantitative estimate of drug-likeness (QED) is 0.497. The van der Waals surface area contributed by atoms with E-state index in [1.165, 1.54) is 0 Å². The number of ether oxygens (including phenoxy) is 2. The van der Waals surface area contributed by atoms with Gasteiger partial charge in [-0.05, 0) is 12.8 Å². The molecule has 3 atom stereocenters. The van der Waals surface area contributed by atoms with E-state index >= 15 is 0 Å². The molecule has 52 valence electrons. The fourth-order valence-electron chi connectivity index (χ4n) is 1.32. The second kappa shape index (κ2) is 1.94. The molecule has 0 radical (unpaired) electrons. The Morgan fingerprint density at radius 3 is 3.00 bits per heavy atom. The molecule has 2 aliphatic heterocycles. The van der Waals surface area contributed by atoms with Crippen molar-refractivity contribution in [2.75, 3.05) is 6.61 Å². The molecule has 0 spiro atoms. The normalized spacial score (nSPS) is 49.7. The maximum atomic E-state index is 9.15. The van der Waals surface area contributed by atoms with Crippen LogP contribution in [0.4, 0.5) is 0 Å². The first-order valence-corrected chi connectivity index (χ1v) is 3.31. The van der Waals surface area contributed by atoms with Crippen LogP contribution in [0.1, 0.15) is 12.8 Å². The zero-order chi connectivity index (χ0) is 6.27. The van der Waals surface area contributed by atoms with Gasteiger partial charge in [0.05, 0.1) is 12.7 Å². The third-order valence-electron chi connectivity index (χ3n) is 1.87. The number of fused-ring (bicyclic) bond motifs is 2. The first-order chi connectivity index (χ1) is 4.36. The molecule has 0 aromatic carbocycles. The van der Waals surface area contributed by atoms with Crippen molar-refractivity contribution in [2.24, 2.45) is 0 Å². The molecule has 3 heteroatoms. The molecule has 2 aliphatic rings. The highest BCUT2D eigenvalue weighted by Gasteiger charge is 2.36. The largest absolute Gasteiger partial charge is 0.388 e. The van der Waals surface area contributed by atoms with Crippen LogP contribution in [0, 0.1) is 0 Å². The van der Waals surface area contributed by atoms with Crippen LogP contribution in [0.15, 0.2) is 0 Å². The smallest absolute Gasteiger partial charge is 0.183 e. The average molecular weight is 130 g/mol. The van der Waals surface area contributed by atoms with E-state index in [1.807, 2.05) is 0 Å². The Morgan fingerprint density at radius 1 is 1.33 bits per heavy atom. The molecule has 0 aromatic rings. The van der Waals surface area contributed by atoms with E-state index in [2.05, 4.69) is 0 Å². The third-order valence-corrected chi connectivity index (χ3v) is 1.87. The summed E-state index contributed by atoms with van der Waals surface area (Å²) in [6.45, 7) is 0.668. The molecular weight excluding hydrogens is 120 g/mol. The minimum absolute atomic E-state index is 0.262. The Hall–Kier alpha value is -0.120. The van der Waals surface area contributed by atoms with Crippen LogP contribution in [0.3, 0.4) is 0 Å². The first-order valence-electron chi connectivity index (χ1n) is 3.31. The van der Waals surface area contributed by atoms with E-state index < -0.39 is 0 Å². The predicted octanol–water partition coefficient (Wildman–Crippen LogP) is -0.117. The summed E-state index contributed by atoms with van der Waals surface area (Å²) in [6, 6.07) is 0. The molecule has 0 aliphatic carbocycles. The predicted molar refractivity (Wildman–Crippen MR) is 29.9 cm³/mol. The van der Waals surface area contributed by atoms with Gasteiger partial charge in [-0.1, -0.05) is 0 Å². The minimum Gasteiger partial charge on any atom is -0.388 e. The van der Waals surface area contributed by atoms with Gasteiger partial charge in [-0.3, -0.25) is 0 Å². The van der Waals surface area contributed by atoms with Gasteiger partial charge in [0, 0.05) is 0 Å². The van der Waals surface area contributed by atoms with E-state index in [-0.39, 0.29) is 18.5 Å². The molecule has 9 heavy (non-hydrogen) atoms. The highest BCUT2D eigenvalue weighted by atomic mass is 16.7. The van der Waals surface area contributed by atoms with Crippen molar-refractivity contribution in [1.82, 2.24) is 0 Å². The fraction of sp³-hybridized carbons (Fsp3) is 1.00. The number of hydrogen-bond donors (Lipinski definition) is 1. The summed E-state index contributed by atoms with van der Waals surface area (Å²) >= 11 is 0. The monoisotopic (exact) mass is 130 g/mol. The van der Waals surface area contributed by atoms with Crippen LogP contribution in [-0.4, -0.2) is 30.2 Å². The lowest BCUT2D eigenvalue weighted by atomic mass is 10.1. The average Bonchev–Trinajstić information content (AvgIpc) is 2.25. The number of rotatable bonds is 0. The summed E-state index contributed by atoms with van der Waals surface area (Å²) in [7, 11) is 0. The van der Waals surface area contributed by atoms with Crippen molar-refractivity contribution >= 4 is 0 Å². The van der Waals surface area contributed by atoms with E-state index in [9.17, 15) is 0 Å². The van der Waals surface area contributed by atoms with Gasteiger partial charge < -0.3 is 14.6 Å². The van der Waals surface area contributed by atoms with Crippen LogP contribution in [0.5, 0.6) is 0 Å². The topological polar surface area (TPSA) is 38.7 Å². The highest BCUT2D eigenvalue weighted by molar-refractivity contribution is 4.77. The Labute approximate surface area is 53.6 Å². The maximum absolute atomic E-state index is 9.15. The molecule has 2 heterocycles. The number of hydrogen-bond acceptors (Lipinski definition) is 3. The zero-order valence-corrected chi connectivity index (χ0v) is 5.12. The van der Waals surface area contributed by atoms with Crippen LogP contribution >= 0.6 is 0 Å². The molecule has 1 N–H and O–H groups in total. The molecule has 2 bridgehead atoms. The summed E-state index contributed by atoms with van der Waals surface area (Å²) < 4.78 is 10.4. The van der Waals surface area contributed by atoms with Gasteiger partial charge >= 0.3 is 0 Å². The van der Waals surface area contributed by atoms with Gasteiger partial charge in [-0.2, -0.15) is 0 Å². The van der Waals surface area contributed by atoms with Crippen LogP contribution in [0.25, 0.3) is 0 Å². The summed E-state index contributed by atoms with van der Waals surface area (Å²) in [4.78, 5) is 0. The lowest BCUT2D eigenvalue weighted by Crippen LogP contribution is -2.32. The Balaban J connectivity index is 2.05. The summed E-state index contributed by atoms with van der Waals surface area (Å²) in [6.07, 6.45) is 1.33. The van der Waals surface area contributed by atoms with E-state index in [0.717, 1.165) is 12.8 Å². The lowest BCUT2D eigenvalue weighted by Gasteiger charge is -2.22. The molecule has 3 nitrogen and oxygen atoms in total. The molecular formula is C6H10O3. The summed E-state index contributed by atoms with van der Waals surface area (Å²) in [5.41, 5.74) is 0. The van der Waals surface area contributed by atoms with Crippen molar-refractivity contribution in [1.29, 1.82) is 0 Å². The molecule has 0 aromatic heterocycles. The molecule has 0 unspecified atom stereocenters. The highest BCUT2D eigenvalue weighted by Crippen LogP contribution is 2.26. The van der Waals surface area contributed by atoms with Crippen molar-refractivity contribution in [2.45, 2.75) is 31.3 Å². The number of aliphatic hydroxyl groups is 1. The van der Waals surface area contributed by atoms with Gasteiger partial charge in [0.2, 0.25) is 0 Å². The Morgan fingerprint density at radius 2 is 2.22 bits per heavy atom. The van der Waals surface area contributed by atoms with E-state index in [1.54, 1.807) is 0 Å². The van der Waals surface area contributed by atoms with Crippen LogP contribution in [0.2, 0.25) is 0 Å². The van der Waals surface area contributed by atoms with Crippen LogP contribution in [-0.2, 0) is 9.47 Å². The van der Waals surface area contributed by atoms with Gasteiger partial charge in [-0.15, -0.1) is 0 Å². The first kappa shape index (κ1) is 5.65. The molecule has 2 saturated heterocycles. The van der Waals surface area contributed by atoms with Crippen molar-refractivity contribution in [3.8, 4) is 0 Å². The zero-order valence-electron chi connectivity index (χ0n) is 5.12. The van der Waals surface area contributed by atoms with Crippen molar-refractivity contribution < 1.29 is 14.6 Å². The van der Waals surface area contributed by atoms with Gasteiger partial charge in [0.15, 0.2) is 6.29 Å². The van der Waals surface area contributed by atoms with Crippen molar-refractivity contribution in [3.63, 3.8) is 0 Å². The second-order valence-electron chi connectivity index (χ2n) is 2.60. The third kappa shape index (κ3) is 0.852. The van der Waals surface area contributed by atoms with Crippen molar-refractivity contribution in [3.05, 3.63) is 0 Å². The van der Waals surface area contributed by atoms with Gasteiger partial charge in [0.1, 0.15) is 6.10 Å². The van der Waals surface area contributed by atoms with Crippen LogP contribution < -0.4 is 0 Å².